The Bertz CT molecular complexity index is 238. The van der Waals surface area contributed by atoms with Gasteiger partial charge in [0.2, 0.25) is 0 Å². The van der Waals surface area contributed by atoms with Gasteiger partial charge in [0.1, 0.15) is 9.86 Å². The van der Waals surface area contributed by atoms with Gasteiger partial charge in [0.25, 0.3) is 0 Å². The summed E-state index contributed by atoms with van der Waals surface area (Å²) in [6.45, 7) is 0. The highest BCUT2D eigenvalue weighted by atomic mass is 32.2. The number of hydrogen-bond acceptors (Lipinski definition) is 5. The molecule has 1 aromatic heterocycles. The molecule has 3 nitrogen and oxygen atoms in total. The summed E-state index contributed by atoms with van der Waals surface area (Å²) >= 11 is 9.89. The van der Waals surface area contributed by atoms with Crippen LogP contribution < -0.4 is 4.72 Å². The van der Waals surface area contributed by atoms with Crippen molar-refractivity contribution in [2.75, 3.05) is 4.72 Å². The first-order valence-electron chi connectivity index (χ1n) is 2.70. The summed E-state index contributed by atoms with van der Waals surface area (Å²) in [5.41, 5.74) is 0.814. The van der Waals surface area contributed by atoms with Gasteiger partial charge in [-0.2, -0.15) is 0 Å². The number of nitrogens with one attached hydrogen (secondary N) is 1. The lowest BCUT2D eigenvalue weighted by Gasteiger charge is -1.99. The number of thiol groups is 1. The molecule has 58 valence electrons. The quantitative estimate of drug-likeness (QED) is 0.435. The van der Waals surface area contributed by atoms with Crippen molar-refractivity contribution in [2.24, 2.45) is 0 Å². The summed E-state index contributed by atoms with van der Waals surface area (Å²) in [6.07, 6.45) is 4.78. The molecule has 0 aliphatic heterocycles. The predicted octanol–water partition coefficient (Wildman–Crippen LogP) is 1.75. The summed E-state index contributed by atoms with van der Waals surface area (Å²) in [5, 5.41) is 0. The van der Waals surface area contributed by atoms with Crippen molar-refractivity contribution in [3.8, 4) is 0 Å². The topological polar surface area (TPSA) is 37.8 Å². The first-order chi connectivity index (χ1) is 5.29. The molecule has 0 spiro atoms. The lowest BCUT2D eigenvalue weighted by molar-refractivity contribution is 1.17. The minimum atomic E-state index is 0.536. The fraction of sp³-hybridized carbons (Fsp3) is 0. The van der Waals surface area contributed by atoms with Crippen LogP contribution in [0.3, 0.4) is 0 Å². The minimum absolute atomic E-state index is 0.536. The second-order valence-corrected chi connectivity index (χ2v) is 4.13. The highest BCUT2D eigenvalue weighted by Gasteiger charge is 1.91. The number of aromatic nitrogens is 2. The average molecular weight is 203 g/mol. The van der Waals surface area contributed by atoms with E-state index in [1.807, 2.05) is 0 Å². The van der Waals surface area contributed by atoms with E-state index in [1.54, 1.807) is 12.4 Å². The molecule has 0 aliphatic rings. The molecule has 0 fully saturated rings. The van der Waals surface area contributed by atoms with Crippen LogP contribution in [-0.4, -0.2) is 13.5 Å². The van der Waals surface area contributed by atoms with E-state index in [0.29, 0.717) is 3.53 Å². The van der Waals surface area contributed by atoms with Gasteiger partial charge in [0.15, 0.2) is 0 Å². The van der Waals surface area contributed by atoms with E-state index >= 15 is 0 Å². The van der Waals surface area contributed by atoms with Crippen LogP contribution in [0.4, 0.5) is 5.69 Å². The van der Waals surface area contributed by atoms with Gasteiger partial charge in [0.05, 0.1) is 18.1 Å². The van der Waals surface area contributed by atoms with Gasteiger partial charge in [0, 0.05) is 11.9 Å². The van der Waals surface area contributed by atoms with E-state index < -0.39 is 0 Å². The van der Waals surface area contributed by atoms with Gasteiger partial charge in [-0.05, 0) is 0 Å². The molecule has 1 heterocycles. The Morgan fingerprint density at radius 2 is 2.18 bits per heavy atom. The van der Waals surface area contributed by atoms with Crippen LogP contribution in [-0.2, 0) is 0 Å². The fourth-order valence-electron chi connectivity index (χ4n) is 0.454. The third kappa shape index (κ3) is 3.54. The number of nitrogens with zero attached hydrogens (tertiary/aromatic N) is 2. The molecule has 0 saturated carbocycles. The first-order valence-corrected chi connectivity index (χ1v) is 4.37. The smallest absolute Gasteiger partial charge is 0.121 e. The van der Waals surface area contributed by atoms with Gasteiger partial charge in [-0.25, -0.2) is 9.97 Å². The molecule has 1 rings (SSSR count). The molecule has 0 saturated heterocycles. The van der Waals surface area contributed by atoms with Crippen LogP contribution in [0, 0.1) is 0 Å². The molecule has 6 heteroatoms. The summed E-state index contributed by atoms with van der Waals surface area (Å²) in [4.78, 5) is 7.61. The van der Waals surface area contributed by atoms with E-state index in [-0.39, 0.29) is 0 Å². The maximum Gasteiger partial charge on any atom is 0.121 e. The molecule has 11 heavy (non-hydrogen) atoms. The molecule has 0 aromatic carbocycles. The molecule has 0 atom stereocenters. The van der Waals surface area contributed by atoms with Crippen LogP contribution in [0.1, 0.15) is 0 Å². The van der Waals surface area contributed by atoms with Crippen molar-refractivity contribution in [3.05, 3.63) is 18.7 Å². The van der Waals surface area contributed by atoms with Gasteiger partial charge in [-0.15, -0.1) is 12.6 Å². The standard InChI is InChI=1S/C5H5N3S3/c9-5(10)11-8-4-1-6-3-7-2-4/h1-3,8H,(H,9,10). The molecule has 0 radical (unpaired) electrons. The Morgan fingerprint density at radius 3 is 2.73 bits per heavy atom. The molecular weight excluding hydrogens is 198 g/mol. The summed E-state index contributed by atoms with van der Waals surface area (Å²) in [6, 6.07) is 0. The van der Waals surface area contributed by atoms with Gasteiger partial charge in [-0.1, -0.05) is 12.2 Å². The first kappa shape index (κ1) is 8.76. The van der Waals surface area contributed by atoms with Crippen molar-refractivity contribution in [3.63, 3.8) is 0 Å². The zero-order valence-electron chi connectivity index (χ0n) is 5.39. The number of hydrogen-bond donors (Lipinski definition) is 2. The summed E-state index contributed by atoms with van der Waals surface area (Å²) < 4.78 is 3.45. The van der Waals surface area contributed by atoms with Gasteiger partial charge >= 0.3 is 0 Å². The lowest BCUT2D eigenvalue weighted by Crippen LogP contribution is -1.89. The molecule has 1 aromatic rings. The minimum Gasteiger partial charge on any atom is -0.322 e. The highest BCUT2D eigenvalue weighted by molar-refractivity contribution is 8.42. The lowest BCUT2D eigenvalue weighted by atomic mass is 10.6. The zero-order chi connectivity index (χ0) is 8.10. The monoisotopic (exact) mass is 203 g/mol. The SMILES string of the molecule is S=C(S)SNc1cncnc1. The Hall–Kier alpha value is -0.330. The Balaban J connectivity index is 2.45. The van der Waals surface area contributed by atoms with Crippen molar-refractivity contribution >= 4 is 46.0 Å². The van der Waals surface area contributed by atoms with Crippen molar-refractivity contribution in [2.45, 2.75) is 0 Å². The summed E-state index contributed by atoms with van der Waals surface area (Å²) in [5.74, 6) is 0. The van der Waals surface area contributed by atoms with Crippen LogP contribution in [0.2, 0.25) is 0 Å². The molecule has 0 bridgehead atoms. The van der Waals surface area contributed by atoms with Gasteiger partial charge in [-0.3, -0.25) is 0 Å². The fourth-order valence-corrected chi connectivity index (χ4v) is 1.03. The molecule has 0 unspecified atom stereocenters. The number of thiocarbonyl (C=S) groups is 1. The van der Waals surface area contributed by atoms with Crippen LogP contribution in [0.5, 0.6) is 0 Å². The van der Waals surface area contributed by atoms with E-state index in [4.69, 9.17) is 12.2 Å². The average Bonchev–Trinajstić information content (AvgIpc) is 2.03. The van der Waals surface area contributed by atoms with Crippen LogP contribution in [0.25, 0.3) is 0 Å². The normalized spacial score (nSPS) is 9.18. The largest absolute Gasteiger partial charge is 0.322 e. The molecular formula is C5H5N3S3. The van der Waals surface area contributed by atoms with Crippen molar-refractivity contribution < 1.29 is 0 Å². The number of rotatable bonds is 2. The maximum atomic E-state index is 4.72. The van der Waals surface area contributed by atoms with Crippen LogP contribution >= 0.6 is 36.8 Å². The highest BCUT2D eigenvalue weighted by Crippen LogP contribution is 2.12. The number of anilines is 1. The second kappa shape index (κ2) is 4.53. The van der Waals surface area contributed by atoms with Gasteiger partial charge < -0.3 is 4.72 Å². The maximum absolute atomic E-state index is 4.72. The molecule has 0 aliphatic carbocycles. The van der Waals surface area contributed by atoms with E-state index in [9.17, 15) is 0 Å². The third-order valence-electron chi connectivity index (χ3n) is 0.817. The Labute approximate surface area is 79.6 Å². The van der Waals surface area contributed by atoms with E-state index in [1.165, 1.54) is 18.3 Å². The van der Waals surface area contributed by atoms with E-state index in [2.05, 4.69) is 27.3 Å². The van der Waals surface area contributed by atoms with E-state index in [0.717, 1.165) is 5.69 Å². The second-order valence-electron chi connectivity index (χ2n) is 1.60. The molecule has 0 amide bonds. The van der Waals surface area contributed by atoms with Crippen molar-refractivity contribution in [1.29, 1.82) is 0 Å². The summed E-state index contributed by atoms with van der Waals surface area (Å²) in [7, 11) is 0. The van der Waals surface area contributed by atoms with Crippen molar-refractivity contribution in [1.82, 2.24) is 9.97 Å². The molecule has 1 N–H and O–H groups in total. The third-order valence-corrected chi connectivity index (χ3v) is 1.85. The zero-order valence-corrected chi connectivity index (χ0v) is 7.92. The predicted molar refractivity (Wildman–Crippen MR) is 54.8 cm³/mol. The Kier molecular flexibility index (Phi) is 3.61. The Morgan fingerprint density at radius 1 is 1.55 bits per heavy atom. The van der Waals surface area contributed by atoms with Crippen LogP contribution in [0.15, 0.2) is 18.7 Å².